The van der Waals surface area contributed by atoms with Gasteiger partial charge in [-0.15, -0.1) is 12.4 Å². The van der Waals surface area contributed by atoms with Crippen LogP contribution < -0.4 is 5.73 Å². The number of halogens is 2. The van der Waals surface area contributed by atoms with E-state index in [1.54, 1.807) is 13.8 Å². The zero-order chi connectivity index (χ0) is 7.44. The summed E-state index contributed by atoms with van der Waals surface area (Å²) in [5, 5.41) is 0. The van der Waals surface area contributed by atoms with E-state index in [2.05, 4.69) is 0 Å². The highest BCUT2D eigenvalue weighted by atomic mass is 35.5. The third-order valence-corrected chi connectivity index (χ3v) is 1.22. The van der Waals surface area contributed by atoms with Gasteiger partial charge in [-0.05, 0) is 5.92 Å². The molecule has 0 bridgehead atoms. The van der Waals surface area contributed by atoms with E-state index in [1.165, 1.54) is 0 Å². The van der Waals surface area contributed by atoms with Gasteiger partial charge in [-0.1, -0.05) is 13.8 Å². The second-order valence-electron chi connectivity index (χ2n) is 2.37. The molecule has 0 radical (unpaired) electrons. The molecule has 0 aliphatic rings. The van der Waals surface area contributed by atoms with Gasteiger partial charge >= 0.3 is 0 Å². The number of hydrogen-bond acceptors (Lipinski definition) is 2. The minimum absolute atomic E-state index is 0. The van der Waals surface area contributed by atoms with Crippen LogP contribution in [0.5, 0.6) is 0 Å². The van der Waals surface area contributed by atoms with E-state index >= 15 is 0 Å². The predicted molar refractivity (Wildman–Crippen MR) is 41.0 cm³/mol. The monoisotopic (exact) mass is 169 g/mol. The van der Waals surface area contributed by atoms with Gasteiger partial charge in [-0.3, -0.25) is 4.79 Å². The summed E-state index contributed by atoms with van der Waals surface area (Å²) in [7, 11) is 0. The van der Waals surface area contributed by atoms with Crippen molar-refractivity contribution < 1.29 is 9.18 Å². The third kappa shape index (κ3) is 3.80. The van der Waals surface area contributed by atoms with Crippen molar-refractivity contribution in [3.05, 3.63) is 0 Å². The Bertz CT molecular complexity index is 108. The summed E-state index contributed by atoms with van der Waals surface area (Å²) >= 11 is 0. The first-order valence-corrected chi connectivity index (χ1v) is 2.93. The lowest BCUT2D eigenvalue weighted by atomic mass is 10.0. The molecule has 0 saturated carbocycles. The van der Waals surface area contributed by atoms with Crippen molar-refractivity contribution in [3.63, 3.8) is 0 Å². The number of Topliss-reactive ketones (excluding diaryl/α,β-unsaturated/α-hetero) is 1. The van der Waals surface area contributed by atoms with Gasteiger partial charge in [0.2, 0.25) is 0 Å². The molecule has 0 spiro atoms. The molecule has 4 heteroatoms. The lowest BCUT2D eigenvalue weighted by Crippen LogP contribution is -2.36. The third-order valence-electron chi connectivity index (χ3n) is 1.22. The Morgan fingerprint density at radius 2 is 2.00 bits per heavy atom. The maximum absolute atomic E-state index is 11.6. The molecule has 2 nitrogen and oxygen atoms in total. The second kappa shape index (κ2) is 5.62. The predicted octanol–water partition coefficient (Wildman–Crippen LogP) is 0.930. The van der Waals surface area contributed by atoms with Crippen molar-refractivity contribution in [1.82, 2.24) is 0 Å². The standard InChI is InChI=1S/C6H12FNO.ClH/c1-4(2)6(8)5(9)3-7;/h4,6H,3,8H2,1-2H3;1H/t6-;/m0./s1. The molecular formula is C6H13ClFNO. The highest BCUT2D eigenvalue weighted by Crippen LogP contribution is 1.98. The van der Waals surface area contributed by atoms with Crippen molar-refractivity contribution in [2.24, 2.45) is 11.7 Å². The van der Waals surface area contributed by atoms with E-state index in [9.17, 15) is 9.18 Å². The molecule has 1 atom stereocenters. The molecule has 0 aromatic rings. The Balaban J connectivity index is 0. The number of carbonyl (C=O) groups is 1. The summed E-state index contributed by atoms with van der Waals surface area (Å²) in [5.74, 6) is -0.474. The Morgan fingerprint density at radius 1 is 1.60 bits per heavy atom. The van der Waals surface area contributed by atoms with E-state index < -0.39 is 18.5 Å². The first-order chi connectivity index (χ1) is 4.09. The maximum atomic E-state index is 11.6. The normalized spacial score (nSPS) is 12.5. The van der Waals surface area contributed by atoms with Crippen LogP contribution in [0.1, 0.15) is 13.8 Å². The van der Waals surface area contributed by atoms with Gasteiger partial charge in [0.05, 0.1) is 6.04 Å². The summed E-state index contributed by atoms with van der Waals surface area (Å²) in [5.41, 5.74) is 5.28. The number of hydrogen-bond donors (Lipinski definition) is 1. The lowest BCUT2D eigenvalue weighted by molar-refractivity contribution is -0.121. The summed E-state index contributed by atoms with van der Waals surface area (Å²) < 4.78 is 11.6. The molecule has 0 saturated heterocycles. The summed E-state index contributed by atoms with van der Waals surface area (Å²) in [6.45, 7) is 2.63. The molecule has 2 N–H and O–H groups in total. The van der Waals surface area contributed by atoms with Crippen molar-refractivity contribution in [2.75, 3.05) is 6.67 Å². The minimum atomic E-state index is -0.945. The van der Waals surface area contributed by atoms with Crippen molar-refractivity contribution in [1.29, 1.82) is 0 Å². The van der Waals surface area contributed by atoms with Gasteiger partial charge in [-0.2, -0.15) is 0 Å². The number of nitrogens with two attached hydrogens (primary N) is 1. The molecule has 0 rings (SSSR count). The lowest BCUT2D eigenvalue weighted by Gasteiger charge is -2.10. The molecule has 0 unspecified atom stereocenters. The molecule has 0 aromatic heterocycles. The van der Waals surface area contributed by atoms with Crippen LogP contribution >= 0.6 is 12.4 Å². The van der Waals surface area contributed by atoms with Crippen molar-refractivity contribution >= 4 is 18.2 Å². The summed E-state index contributed by atoms with van der Waals surface area (Å²) in [6, 6.07) is -0.630. The van der Waals surface area contributed by atoms with Gasteiger partial charge in [0.25, 0.3) is 0 Å². The van der Waals surface area contributed by atoms with E-state index in [1.807, 2.05) is 0 Å². The number of carbonyl (C=O) groups excluding carboxylic acids is 1. The molecule has 0 fully saturated rings. The average Bonchev–Trinajstić information content (AvgIpc) is 1.84. The summed E-state index contributed by atoms with van der Waals surface area (Å²) in [4.78, 5) is 10.5. The van der Waals surface area contributed by atoms with Gasteiger partial charge < -0.3 is 5.73 Å². The van der Waals surface area contributed by atoms with Crippen LogP contribution in [0.15, 0.2) is 0 Å². The first-order valence-electron chi connectivity index (χ1n) is 2.93. The van der Waals surface area contributed by atoms with Crippen LogP contribution in [-0.2, 0) is 4.79 Å². The molecule has 0 aliphatic heterocycles. The quantitative estimate of drug-likeness (QED) is 0.683. The van der Waals surface area contributed by atoms with Gasteiger partial charge in [-0.25, -0.2) is 4.39 Å². The zero-order valence-corrected chi connectivity index (χ0v) is 6.95. The number of rotatable bonds is 3. The Labute approximate surface area is 66.4 Å². The Morgan fingerprint density at radius 3 is 2.10 bits per heavy atom. The highest BCUT2D eigenvalue weighted by Gasteiger charge is 2.15. The molecule has 10 heavy (non-hydrogen) atoms. The van der Waals surface area contributed by atoms with Crippen LogP contribution in [0.25, 0.3) is 0 Å². The largest absolute Gasteiger partial charge is 0.321 e. The average molecular weight is 170 g/mol. The second-order valence-corrected chi connectivity index (χ2v) is 2.37. The maximum Gasteiger partial charge on any atom is 0.180 e. The topological polar surface area (TPSA) is 43.1 Å². The van der Waals surface area contributed by atoms with Gasteiger partial charge in [0.1, 0.15) is 6.67 Å². The molecule has 0 aliphatic carbocycles. The fourth-order valence-electron chi connectivity index (χ4n) is 0.461. The van der Waals surface area contributed by atoms with Crippen molar-refractivity contribution in [2.45, 2.75) is 19.9 Å². The van der Waals surface area contributed by atoms with E-state index in [4.69, 9.17) is 5.73 Å². The fraction of sp³-hybridized carbons (Fsp3) is 0.833. The smallest absolute Gasteiger partial charge is 0.180 e. The van der Waals surface area contributed by atoms with E-state index in [0.29, 0.717) is 0 Å². The SMILES string of the molecule is CC(C)[C@H](N)C(=O)CF.Cl. The van der Waals surface area contributed by atoms with Crippen LogP contribution in [0.2, 0.25) is 0 Å². The van der Waals surface area contributed by atoms with Crippen LogP contribution in [0.4, 0.5) is 4.39 Å². The molecular weight excluding hydrogens is 157 g/mol. The van der Waals surface area contributed by atoms with E-state index in [0.717, 1.165) is 0 Å². The van der Waals surface area contributed by atoms with Gasteiger partial charge in [0.15, 0.2) is 5.78 Å². The summed E-state index contributed by atoms with van der Waals surface area (Å²) in [6.07, 6.45) is 0. The molecule has 0 amide bonds. The Kier molecular flexibility index (Phi) is 7.04. The molecule has 0 aromatic carbocycles. The van der Waals surface area contributed by atoms with Gasteiger partial charge in [0, 0.05) is 0 Å². The minimum Gasteiger partial charge on any atom is -0.321 e. The van der Waals surface area contributed by atoms with E-state index in [-0.39, 0.29) is 18.3 Å². The first kappa shape index (κ1) is 12.5. The fourth-order valence-corrected chi connectivity index (χ4v) is 0.461. The van der Waals surface area contributed by atoms with Crippen LogP contribution in [0, 0.1) is 5.92 Å². The number of alkyl halides is 1. The van der Waals surface area contributed by atoms with Crippen molar-refractivity contribution in [3.8, 4) is 0 Å². The zero-order valence-electron chi connectivity index (χ0n) is 6.13. The molecule has 0 heterocycles. The van der Waals surface area contributed by atoms with Crippen LogP contribution in [-0.4, -0.2) is 18.5 Å². The molecule has 62 valence electrons. The highest BCUT2D eigenvalue weighted by molar-refractivity contribution is 5.85. The number of ketones is 1. The Hall–Kier alpha value is -0.150. The van der Waals surface area contributed by atoms with Crippen LogP contribution in [0.3, 0.4) is 0 Å².